The number of carbonyl (C=O) groups excluding carboxylic acids is 2. The van der Waals surface area contributed by atoms with Gasteiger partial charge in [-0.25, -0.2) is 9.37 Å². The van der Waals surface area contributed by atoms with Gasteiger partial charge in [0.25, 0.3) is 17.7 Å². The van der Waals surface area contributed by atoms with Gasteiger partial charge in [-0.3, -0.25) is 9.59 Å². The molecule has 0 atom stereocenters. The molecule has 208 valence electrons. The summed E-state index contributed by atoms with van der Waals surface area (Å²) in [6.45, 7) is 4.34. The lowest BCUT2D eigenvalue weighted by molar-refractivity contribution is -0.137. The molecule has 2 amide bonds. The highest BCUT2D eigenvalue weighted by Gasteiger charge is 2.39. The lowest BCUT2D eigenvalue weighted by atomic mass is 10.0. The Morgan fingerprint density at radius 2 is 1.71 bits per heavy atom. The number of nitrogens with one attached hydrogen (secondary N) is 1. The van der Waals surface area contributed by atoms with Crippen molar-refractivity contribution in [1.29, 1.82) is 0 Å². The van der Waals surface area contributed by atoms with Crippen LogP contribution in [0, 0.1) is 12.7 Å². The molecule has 1 aromatic carbocycles. The number of carbonyl (C=O) groups is 2. The van der Waals surface area contributed by atoms with Gasteiger partial charge < -0.3 is 24.6 Å². The molecule has 38 heavy (non-hydrogen) atoms. The minimum absolute atomic E-state index is 0.0136. The number of ether oxygens (including phenoxy) is 2. The highest BCUT2D eigenvalue weighted by atomic mass is 79.9. The number of alkyl halides is 3. The lowest BCUT2D eigenvalue weighted by Gasteiger charge is -2.31. The number of aryl methyl sites for hydroxylation is 1. The first kappa shape index (κ1) is 29.6. The van der Waals surface area contributed by atoms with Gasteiger partial charge in [-0.15, -0.1) is 0 Å². The third-order valence-corrected chi connectivity index (χ3v) is 6.51. The molecule has 0 unspecified atom stereocenters. The normalized spacial score (nSPS) is 15.6. The predicted octanol–water partition coefficient (Wildman–Crippen LogP) is 4.44. The Morgan fingerprint density at radius 3 is 2.26 bits per heavy atom. The number of nitrogens with zero attached hydrogens (tertiary/aromatic N) is 3. The lowest BCUT2D eigenvalue weighted by Crippen LogP contribution is -2.41. The summed E-state index contributed by atoms with van der Waals surface area (Å²) in [4.78, 5) is 31.1. The largest absolute Gasteiger partial charge is 0.479 e. The second kappa shape index (κ2) is 12.7. The molecule has 0 aliphatic carbocycles. The molecule has 2 aromatic rings. The topological polar surface area (TPSA) is 84.0 Å². The summed E-state index contributed by atoms with van der Waals surface area (Å²) in [5, 5.41) is 2.34. The molecule has 2 fully saturated rings. The number of hydrogen-bond donors (Lipinski definition) is 1. The van der Waals surface area contributed by atoms with E-state index in [2.05, 4.69) is 26.2 Å². The Kier molecular flexibility index (Phi) is 9.94. The SMILES string of the molecule is CNC(=O)c1cc(C)nc(OC)c1F.O=C(c1cc(Br)cc(C(F)(F)F)c1N1CCCC1)N1CCOCC1. The number of morpholine rings is 1. The van der Waals surface area contributed by atoms with Gasteiger partial charge in [0.05, 0.1) is 42.7 Å². The number of hydrogen-bond acceptors (Lipinski definition) is 6. The zero-order valence-electron chi connectivity index (χ0n) is 21.3. The molecule has 1 aromatic heterocycles. The van der Waals surface area contributed by atoms with Crippen LogP contribution in [-0.2, 0) is 10.9 Å². The maximum absolute atomic E-state index is 13.6. The van der Waals surface area contributed by atoms with Crippen molar-refractivity contribution in [3.63, 3.8) is 0 Å². The number of amides is 2. The molecule has 2 aliphatic rings. The van der Waals surface area contributed by atoms with Crippen molar-refractivity contribution in [3.8, 4) is 5.88 Å². The van der Waals surface area contributed by atoms with Crippen molar-refractivity contribution in [2.24, 2.45) is 0 Å². The third-order valence-electron chi connectivity index (χ3n) is 6.05. The molecule has 2 saturated heterocycles. The number of methoxy groups -OCH3 is 1. The number of halogens is 5. The number of pyridine rings is 1. The molecule has 4 rings (SSSR count). The van der Waals surface area contributed by atoms with Crippen LogP contribution in [0.15, 0.2) is 22.7 Å². The van der Waals surface area contributed by atoms with Gasteiger partial charge in [-0.1, -0.05) is 15.9 Å². The Hall–Kier alpha value is -2.93. The van der Waals surface area contributed by atoms with Crippen LogP contribution in [0.25, 0.3) is 0 Å². The van der Waals surface area contributed by atoms with E-state index in [1.807, 2.05) is 0 Å². The summed E-state index contributed by atoms with van der Waals surface area (Å²) in [6, 6.07) is 3.93. The number of rotatable bonds is 4. The van der Waals surface area contributed by atoms with Crippen LogP contribution >= 0.6 is 15.9 Å². The first-order valence-electron chi connectivity index (χ1n) is 11.9. The molecule has 0 radical (unpaired) electrons. The molecular formula is C25H29BrF4N4O4. The fraction of sp³-hybridized carbons (Fsp3) is 0.480. The van der Waals surface area contributed by atoms with E-state index in [1.165, 1.54) is 26.3 Å². The van der Waals surface area contributed by atoms with E-state index in [0.717, 1.165) is 18.9 Å². The van der Waals surface area contributed by atoms with Crippen molar-refractivity contribution in [3.05, 3.63) is 50.9 Å². The molecule has 13 heteroatoms. The highest BCUT2D eigenvalue weighted by Crippen LogP contribution is 2.42. The smallest absolute Gasteiger partial charge is 0.418 e. The zero-order chi connectivity index (χ0) is 28.0. The standard InChI is InChI=1S/C16H18BrF3N2O2.C9H11FN2O2/c17-11-9-12(15(23)22-5-7-24-8-6-22)14(21-3-1-2-4-21)13(10-11)16(18,19)20;1-5-4-6(8(13)11-2)7(10)9(12-5)14-3/h9-10H,1-8H2;4H,1-3H3,(H,11,13). The molecule has 1 N–H and O–H groups in total. The van der Waals surface area contributed by atoms with Crippen LogP contribution in [0.1, 0.15) is 44.8 Å². The fourth-order valence-corrected chi connectivity index (χ4v) is 4.72. The Bertz CT molecular complexity index is 1170. The van der Waals surface area contributed by atoms with Gasteiger partial charge in [0.2, 0.25) is 0 Å². The second-order valence-corrected chi connectivity index (χ2v) is 9.58. The first-order valence-corrected chi connectivity index (χ1v) is 12.7. The van der Waals surface area contributed by atoms with Crippen LogP contribution in [0.2, 0.25) is 0 Å². The van der Waals surface area contributed by atoms with E-state index in [-0.39, 0.29) is 33.1 Å². The summed E-state index contributed by atoms with van der Waals surface area (Å²) < 4.78 is 64.3. The summed E-state index contributed by atoms with van der Waals surface area (Å²) in [5.41, 5.74) is -0.158. The van der Waals surface area contributed by atoms with E-state index in [4.69, 9.17) is 9.47 Å². The van der Waals surface area contributed by atoms with Crippen molar-refractivity contribution in [2.75, 3.05) is 58.5 Å². The van der Waals surface area contributed by atoms with Crippen LogP contribution in [0.5, 0.6) is 5.88 Å². The first-order chi connectivity index (χ1) is 18.0. The summed E-state index contributed by atoms with van der Waals surface area (Å²) in [7, 11) is 2.74. The Balaban J connectivity index is 0.000000244. The van der Waals surface area contributed by atoms with Crippen molar-refractivity contribution in [2.45, 2.75) is 25.9 Å². The van der Waals surface area contributed by atoms with Crippen LogP contribution in [-0.4, -0.2) is 75.2 Å². The maximum atomic E-state index is 13.6. The van der Waals surface area contributed by atoms with Crippen LogP contribution < -0.4 is 15.0 Å². The average molecular weight is 605 g/mol. The van der Waals surface area contributed by atoms with E-state index in [9.17, 15) is 27.2 Å². The summed E-state index contributed by atoms with van der Waals surface area (Å²) >= 11 is 3.13. The highest BCUT2D eigenvalue weighted by molar-refractivity contribution is 9.10. The van der Waals surface area contributed by atoms with E-state index < -0.39 is 23.5 Å². The quantitative estimate of drug-likeness (QED) is 0.520. The maximum Gasteiger partial charge on any atom is 0.418 e. The van der Waals surface area contributed by atoms with Crippen LogP contribution in [0.3, 0.4) is 0 Å². The van der Waals surface area contributed by atoms with Gasteiger partial charge >= 0.3 is 6.18 Å². The molecule has 0 bridgehead atoms. The molecule has 2 aliphatic heterocycles. The van der Waals surface area contributed by atoms with Crippen molar-refractivity contribution >= 4 is 33.4 Å². The van der Waals surface area contributed by atoms with E-state index in [0.29, 0.717) is 45.1 Å². The molecule has 3 heterocycles. The average Bonchev–Trinajstić information content (AvgIpc) is 3.43. The van der Waals surface area contributed by atoms with Crippen molar-refractivity contribution < 1.29 is 36.6 Å². The number of aromatic nitrogens is 1. The minimum atomic E-state index is -4.51. The van der Waals surface area contributed by atoms with Gasteiger partial charge in [0.1, 0.15) is 0 Å². The van der Waals surface area contributed by atoms with Crippen molar-refractivity contribution in [1.82, 2.24) is 15.2 Å². The second-order valence-electron chi connectivity index (χ2n) is 8.66. The van der Waals surface area contributed by atoms with Gasteiger partial charge in [-0.05, 0) is 38.0 Å². The van der Waals surface area contributed by atoms with Crippen LogP contribution in [0.4, 0.5) is 23.2 Å². The molecule has 0 spiro atoms. The van der Waals surface area contributed by atoms with Gasteiger partial charge in [-0.2, -0.15) is 13.2 Å². The monoisotopic (exact) mass is 604 g/mol. The minimum Gasteiger partial charge on any atom is -0.479 e. The number of benzene rings is 1. The fourth-order valence-electron chi connectivity index (χ4n) is 4.26. The van der Waals surface area contributed by atoms with E-state index >= 15 is 0 Å². The van der Waals surface area contributed by atoms with Gasteiger partial charge in [0.15, 0.2) is 5.82 Å². The molecule has 0 saturated carbocycles. The summed E-state index contributed by atoms with van der Waals surface area (Å²) in [6.07, 6.45) is -2.85. The number of anilines is 1. The van der Waals surface area contributed by atoms with E-state index in [1.54, 1.807) is 16.7 Å². The predicted molar refractivity (Wildman–Crippen MR) is 136 cm³/mol. The zero-order valence-corrected chi connectivity index (χ0v) is 22.8. The third kappa shape index (κ3) is 6.93. The van der Waals surface area contributed by atoms with Gasteiger partial charge in [0, 0.05) is 43.4 Å². The Labute approximate surface area is 226 Å². The molecule has 8 nitrogen and oxygen atoms in total. The molecular weight excluding hydrogens is 576 g/mol. The summed E-state index contributed by atoms with van der Waals surface area (Å²) in [5.74, 6) is -1.76. The Morgan fingerprint density at radius 1 is 1.08 bits per heavy atom.